The third-order valence-electron chi connectivity index (χ3n) is 11.0. The van der Waals surface area contributed by atoms with E-state index in [4.69, 9.17) is 0 Å². The normalized spacial score (nSPS) is 13.3. The molecule has 0 radical (unpaired) electrons. The standard InChI is InChI=1S/C48H32N2Si/c1-3-13-33(14-4-1)37-21-11-23-43(27-37)51(44-24-12-22-38(28-44)34-15-5-2-6-16-34)49-45-29-39-19-9-7-17-35(39)25-41(45)31-47(49)48-32-42-26-36-18-8-10-20-40(36)30-46(42)50(48)51/h1-32H. The van der Waals surface area contributed by atoms with Crippen molar-refractivity contribution in [2.24, 2.45) is 0 Å². The summed E-state index contributed by atoms with van der Waals surface area (Å²) in [4.78, 5) is 0. The maximum Gasteiger partial charge on any atom is 0.340 e. The molecule has 11 rings (SSSR count). The van der Waals surface area contributed by atoms with Crippen molar-refractivity contribution in [2.45, 2.75) is 0 Å². The smallest absolute Gasteiger partial charge is 0.340 e. The van der Waals surface area contributed by atoms with E-state index in [9.17, 15) is 0 Å². The molecule has 3 heteroatoms. The minimum Gasteiger partial charge on any atom is -0.341 e. The van der Waals surface area contributed by atoms with E-state index in [0.29, 0.717) is 0 Å². The van der Waals surface area contributed by atoms with Crippen molar-refractivity contribution in [1.82, 2.24) is 8.47 Å². The SMILES string of the molecule is c1ccc(-c2cccc([Si]3(c4cccc(-c5ccccc5)c4)n4c(cc5cc6ccccc6cc54)-c4cc5cc6ccccc6cc5n43)c2)cc1. The van der Waals surface area contributed by atoms with Crippen LogP contribution >= 0.6 is 0 Å². The summed E-state index contributed by atoms with van der Waals surface area (Å²) >= 11 is 0. The highest BCUT2D eigenvalue weighted by Crippen LogP contribution is 2.44. The molecule has 0 fully saturated rings. The lowest BCUT2D eigenvalue weighted by Crippen LogP contribution is -2.67. The van der Waals surface area contributed by atoms with Crippen LogP contribution in [0.1, 0.15) is 0 Å². The van der Waals surface area contributed by atoms with Crippen molar-refractivity contribution in [3.05, 3.63) is 194 Å². The Morgan fingerprint density at radius 1 is 0.275 bits per heavy atom. The molecule has 8 aromatic carbocycles. The molecule has 0 bridgehead atoms. The lowest BCUT2D eigenvalue weighted by atomic mass is 10.1. The van der Waals surface area contributed by atoms with Gasteiger partial charge in [-0.2, -0.15) is 0 Å². The number of fused-ring (bicyclic) bond motifs is 9. The largest absolute Gasteiger partial charge is 0.341 e. The molecule has 2 aromatic heterocycles. The van der Waals surface area contributed by atoms with Gasteiger partial charge in [-0.05, 0) is 90.6 Å². The fraction of sp³-hybridized carbons (Fsp3) is 0. The van der Waals surface area contributed by atoms with Crippen molar-refractivity contribution >= 4 is 62.1 Å². The van der Waals surface area contributed by atoms with Gasteiger partial charge in [-0.3, -0.25) is 0 Å². The summed E-state index contributed by atoms with van der Waals surface area (Å²) in [5.41, 5.74) is 10.0. The number of hydrogen-bond donors (Lipinski definition) is 0. The van der Waals surface area contributed by atoms with Crippen molar-refractivity contribution in [3.63, 3.8) is 0 Å². The molecule has 0 saturated heterocycles. The molecule has 0 atom stereocenters. The van der Waals surface area contributed by atoms with Crippen LogP contribution in [-0.2, 0) is 0 Å². The molecule has 0 saturated carbocycles. The maximum atomic E-state index is 2.77. The van der Waals surface area contributed by atoms with Crippen molar-refractivity contribution in [1.29, 1.82) is 0 Å². The highest BCUT2D eigenvalue weighted by atomic mass is 28.3. The van der Waals surface area contributed by atoms with E-state index in [1.54, 1.807) is 0 Å². The summed E-state index contributed by atoms with van der Waals surface area (Å²) in [7, 11) is -3.12. The lowest BCUT2D eigenvalue weighted by molar-refractivity contribution is 1.20. The third-order valence-corrected chi connectivity index (χ3v) is 15.5. The van der Waals surface area contributed by atoms with Crippen LogP contribution in [0.2, 0.25) is 0 Å². The molecule has 10 aromatic rings. The Morgan fingerprint density at radius 3 is 1.08 bits per heavy atom. The van der Waals surface area contributed by atoms with Gasteiger partial charge in [0.2, 0.25) is 0 Å². The quantitative estimate of drug-likeness (QED) is 0.166. The van der Waals surface area contributed by atoms with Gasteiger partial charge in [0.1, 0.15) is 0 Å². The Kier molecular flexibility index (Phi) is 6.01. The van der Waals surface area contributed by atoms with Gasteiger partial charge in [0.15, 0.2) is 0 Å². The second-order valence-corrected chi connectivity index (χ2v) is 17.2. The molecular formula is C48H32N2Si. The molecule has 1 aliphatic heterocycles. The zero-order valence-corrected chi connectivity index (χ0v) is 28.9. The summed E-state index contributed by atoms with van der Waals surface area (Å²) in [6.07, 6.45) is 0. The number of nitrogens with zero attached hydrogens (tertiary/aromatic N) is 2. The molecule has 0 spiro atoms. The number of rotatable bonds is 4. The van der Waals surface area contributed by atoms with Gasteiger partial charge in [0, 0.05) is 21.8 Å². The van der Waals surface area contributed by atoms with Gasteiger partial charge in [-0.15, -0.1) is 0 Å². The van der Waals surface area contributed by atoms with Crippen molar-refractivity contribution < 1.29 is 0 Å². The predicted molar refractivity (Wildman–Crippen MR) is 217 cm³/mol. The van der Waals surface area contributed by atoms with Crippen LogP contribution in [0.3, 0.4) is 0 Å². The van der Waals surface area contributed by atoms with Crippen molar-refractivity contribution in [3.8, 4) is 33.6 Å². The first-order valence-electron chi connectivity index (χ1n) is 17.7. The number of hydrogen-bond acceptors (Lipinski definition) is 0. The van der Waals surface area contributed by atoms with E-state index >= 15 is 0 Å². The Hall–Kier alpha value is -6.42. The molecule has 0 unspecified atom stereocenters. The van der Waals surface area contributed by atoms with Crippen LogP contribution in [-0.4, -0.2) is 16.9 Å². The van der Waals surface area contributed by atoms with E-state index < -0.39 is 8.40 Å². The minimum atomic E-state index is -3.12. The van der Waals surface area contributed by atoms with Crippen molar-refractivity contribution in [2.75, 3.05) is 0 Å². The molecule has 1 aliphatic rings. The Morgan fingerprint density at radius 2 is 0.647 bits per heavy atom. The molecule has 2 nitrogen and oxygen atoms in total. The highest BCUT2D eigenvalue weighted by molar-refractivity contribution is 7.02. The lowest BCUT2D eigenvalue weighted by Gasteiger charge is -2.34. The Bertz CT molecular complexity index is 2770. The first-order chi connectivity index (χ1) is 25.3. The van der Waals surface area contributed by atoms with E-state index in [1.165, 1.54) is 87.4 Å². The highest BCUT2D eigenvalue weighted by Gasteiger charge is 2.52. The van der Waals surface area contributed by atoms with E-state index in [0.717, 1.165) is 0 Å². The van der Waals surface area contributed by atoms with Gasteiger partial charge in [0.25, 0.3) is 0 Å². The van der Waals surface area contributed by atoms with Crippen LogP contribution in [0.4, 0.5) is 0 Å². The predicted octanol–water partition coefficient (Wildman–Crippen LogP) is 10.9. The van der Waals surface area contributed by atoms with E-state index in [2.05, 4.69) is 203 Å². The zero-order chi connectivity index (χ0) is 33.5. The van der Waals surface area contributed by atoms with Gasteiger partial charge in [-0.1, -0.05) is 158 Å². The topological polar surface area (TPSA) is 9.86 Å². The third kappa shape index (κ3) is 4.10. The summed E-state index contributed by atoms with van der Waals surface area (Å²) in [5, 5.41) is 10.3. The van der Waals surface area contributed by atoms with Gasteiger partial charge in [-0.25, -0.2) is 0 Å². The molecule has 238 valence electrons. The summed E-state index contributed by atoms with van der Waals surface area (Å²) in [5.74, 6) is 0. The zero-order valence-electron chi connectivity index (χ0n) is 27.9. The van der Waals surface area contributed by atoms with Crippen LogP contribution in [0, 0.1) is 0 Å². The molecule has 0 aliphatic carbocycles. The molecule has 51 heavy (non-hydrogen) atoms. The summed E-state index contributed by atoms with van der Waals surface area (Å²) in [6, 6.07) is 72.6. The number of aromatic nitrogens is 2. The molecular weight excluding hydrogens is 633 g/mol. The fourth-order valence-corrected chi connectivity index (χ4v) is 13.8. The Balaban J connectivity index is 1.34. The van der Waals surface area contributed by atoms with Crippen LogP contribution in [0.15, 0.2) is 194 Å². The van der Waals surface area contributed by atoms with E-state index in [1.807, 2.05) is 0 Å². The number of benzene rings is 8. The first kappa shape index (κ1) is 28.4. The van der Waals surface area contributed by atoms with Crippen LogP contribution in [0.25, 0.3) is 77.0 Å². The maximum absolute atomic E-state index is 3.12. The average molecular weight is 665 g/mol. The summed E-state index contributed by atoms with van der Waals surface area (Å²) in [6.45, 7) is 0. The second kappa shape index (κ2) is 10.8. The molecule has 0 amide bonds. The van der Waals surface area contributed by atoms with Crippen LogP contribution in [0.5, 0.6) is 0 Å². The molecule has 3 heterocycles. The van der Waals surface area contributed by atoms with Gasteiger partial charge >= 0.3 is 8.40 Å². The van der Waals surface area contributed by atoms with Gasteiger partial charge in [0.05, 0.1) is 11.4 Å². The average Bonchev–Trinajstić information content (AvgIpc) is 3.84. The Labute approximate surface area is 297 Å². The second-order valence-electron chi connectivity index (χ2n) is 13.8. The fourth-order valence-electron chi connectivity index (χ4n) is 8.74. The monoisotopic (exact) mass is 664 g/mol. The molecule has 0 N–H and O–H groups in total. The van der Waals surface area contributed by atoms with Crippen LogP contribution < -0.4 is 10.4 Å². The minimum absolute atomic E-state index is 1.23. The van der Waals surface area contributed by atoms with Gasteiger partial charge < -0.3 is 8.47 Å². The first-order valence-corrected chi connectivity index (χ1v) is 19.6. The van der Waals surface area contributed by atoms with E-state index in [-0.39, 0.29) is 0 Å². The summed E-state index contributed by atoms with van der Waals surface area (Å²) < 4.78 is 5.54.